The van der Waals surface area contributed by atoms with E-state index in [1.807, 2.05) is 6.92 Å². The van der Waals surface area contributed by atoms with Crippen LogP contribution in [0.3, 0.4) is 0 Å². The third kappa shape index (κ3) is 3.67. The highest BCUT2D eigenvalue weighted by molar-refractivity contribution is 9.10. The summed E-state index contributed by atoms with van der Waals surface area (Å²) in [4.78, 5) is 0. The van der Waals surface area contributed by atoms with Crippen molar-refractivity contribution in [2.75, 3.05) is 6.54 Å². The molecule has 2 rings (SSSR count). The van der Waals surface area contributed by atoms with Crippen molar-refractivity contribution in [2.45, 2.75) is 25.8 Å². The van der Waals surface area contributed by atoms with Gasteiger partial charge in [0.05, 0.1) is 6.04 Å². The molecule has 1 N–H and O–H groups in total. The molecule has 2 aromatic rings. The Morgan fingerprint density at radius 3 is 2.45 bits per heavy atom. The van der Waals surface area contributed by atoms with Gasteiger partial charge in [-0.15, -0.1) is 0 Å². The second kappa shape index (κ2) is 6.99. The normalized spacial score (nSPS) is 12.6. The van der Waals surface area contributed by atoms with Crippen LogP contribution in [0.5, 0.6) is 0 Å². The average molecular weight is 344 g/mol. The molecule has 0 spiro atoms. The van der Waals surface area contributed by atoms with Crippen LogP contribution in [-0.4, -0.2) is 6.54 Å². The van der Waals surface area contributed by atoms with E-state index in [2.05, 4.69) is 21.2 Å². The molecule has 1 aromatic carbocycles. The number of nitrogens with one attached hydrogen (secondary N) is 1. The van der Waals surface area contributed by atoms with Crippen LogP contribution in [0.25, 0.3) is 0 Å². The summed E-state index contributed by atoms with van der Waals surface area (Å²) in [6.45, 7) is 2.78. The van der Waals surface area contributed by atoms with Gasteiger partial charge in [0.15, 0.2) is 4.67 Å². The van der Waals surface area contributed by atoms with Gasteiger partial charge in [0, 0.05) is 12.0 Å². The Morgan fingerprint density at radius 1 is 1.20 bits per heavy atom. The fraction of sp³-hybridized carbons (Fsp3) is 0.333. The zero-order chi connectivity index (χ0) is 14.5. The lowest BCUT2D eigenvalue weighted by molar-refractivity contribution is 0.392. The first-order chi connectivity index (χ1) is 9.61. The lowest BCUT2D eigenvalue weighted by atomic mass is 10.0. The van der Waals surface area contributed by atoms with Crippen molar-refractivity contribution in [3.05, 3.63) is 58.0 Å². The first-order valence-electron chi connectivity index (χ1n) is 6.53. The topological polar surface area (TPSA) is 25.2 Å². The van der Waals surface area contributed by atoms with Gasteiger partial charge in [0.25, 0.3) is 0 Å². The lowest BCUT2D eigenvalue weighted by Crippen LogP contribution is -2.24. The van der Waals surface area contributed by atoms with Crippen LogP contribution in [0.15, 0.2) is 39.4 Å². The molecule has 0 saturated carbocycles. The van der Waals surface area contributed by atoms with Crippen molar-refractivity contribution >= 4 is 15.9 Å². The minimum atomic E-state index is -0.529. The largest absolute Gasteiger partial charge is 0.453 e. The second-order valence-corrected chi connectivity index (χ2v) is 5.33. The smallest absolute Gasteiger partial charge is 0.169 e. The molecule has 20 heavy (non-hydrogen) atoms. The van der Waals surface area contributed by atoms with E-state index < -0.39 is 11.6 Å². The van der Waals surface area contributed by atoms with Gasteiger partial charge in [0.1, 0.15) is 17.4 Å². The van der Waals surface area contributed by atoms with Crippen molar-refractivity contribution < 1.29 is 13.2 Å². The van der Waals surface area contributed by atoms with Gasteiger partial charge in [-0.25, -0.2) is 8.78 Å². The first kappa shape index (κ1) is 15.2. The van der Waals surface area contributed by atoms with E-state index in [4.69, 9.17) is 4.42 Å². The van der Waals surface area contributed by atoms with Crippen LogP contribution in [-0.2, 0) is 6.42 Å². The average Bonchev–Trinajstić information content (AvgIpc) is 2.84. The van der Waals surface area contributed by atoms with Crippen molar-refractivity contribution in [2.24, 2.45) is 0 Å². The quantitative estimate of drug-likeness (QED) is 0.828. The standard InChI is InChI=1S/C15H16BrF2NO/c1-2-8-19-13(14-6-7-15(16)20-14)9-10-11(17)4-3-5-12(10)18/h3-7,13,19H,2,8-9H2,1H3. The van der Waals surface area contributed by atoms with E-state index >= 15 is 0 Å². The third-order valence-corrected chi connectivity index (χ3v) is 3.47. The summed E-state index contributed by atoms with van der Waals surface area (Å²) in [5.74, 6) is -0.397. The highest BCUT2D eigenvalue weighted by Gasteiger charge is 2.19. The fourth-order valence-electron chi connectivity index (χ4n) is 2.04. The molecule has 0 aliphatic rings. The van der Waals surface area contributed by atoms with Crippen molar-refractivity contribution in [3.8, 4) is 0 Å². The number of hydrogen-bond donors (Lipinski definition) is 1. The molecule has 108 valence electrons. The lowest BCUT2D eigenvalue weighted by Gasteiger charge is -2.17. The van der Waals surface area contributed by atoms with Crippen LogP contribution < -0.4 is 5.32 Å². The van der Waals surface area contributed by atoms with Crippen molar-refractivity contribution in [3.63, 3.8) is 0 Å². The second-order valence-electron chi connectivity index (χ2n) is 4.55. The Balaban J connectivity index is 2.23. The summed E-state index contributed by atoms with van der Waals surface area (Å²) in [5.41, 5.74) is 0.0774. The minimum Gasteiger partial charge on any atom is -0.453 e. The Kier molecular flexibility index (Phi) is 5.31. The van der Waals surface area contributed by atoms with Crippen LogP contribution in [0.4, 0.5) is 8.78 Å². The fourth-order valence-corrected chi connectivity index (χ4v) is 2.36. The molecule has 0 radical (unpaired) electrons. The number of rotatable bonds is 6. The molecule has 5 heteroatoms. The zero-order valence-electron chi connectivity index (χ0n) is 11.1. The molecule has 0 bridgehead atoms. The molecular weight excluding hydrogens is 328 g/mol. The van der Waals surface area contributed by atoms with Gasteiger partial charge in [-0.1, -0.05) is 13.0 Å². The number of hydrogen-bond acceptors (Lipinski definition) is 2. The van der Waals surface area contributed by atoms with Crippen LogP contribution >= 0.6 is 15.9 Å². The number of halogens is 3. The van der Waals surface area contributed by atoms with E-state index in [0.717, 1.165) is 13.0 Å². The monoisotopic (exact) mass is 343 g/mol. The Bertz CT molecular complexity index is 551. The predicted octanol–water partition coefficient (Wildman–Crippen LogP) is 4.60. The summed E-state index contributed by atoms with van der Waals surface area (Å²) in [6.07, 6.45) is 1.14. The number of benzene rings is 1. The predicted molar refractivity (Wildman–Crippen MR) is 77.5 cm³/mol. The van der Waals surface area contributed by atoms with Gasteiger partial charge >= 0.3 is 0 Å². The maximum atomic E-state index is 13.7. The van der Waals surface area contributed by atoms with E-state index in [9.17, 15) is 8.78 Å². The van der Waals surface area contributed by atoms with Crippen molar-refractivity contribution in [1.29, 1.82) is 0 Å². The van der Waals surface area contributed by atoms with E-state index in [0.29, 0.717) is 10.4 Å². The molecule has 0 aliphatic heterocycles. The van der Waals surface area contributed by atoms with Crippen LogP contribution in [0.1, 0.15) is 30.7 Å². The first-order valence-corrected chi connectivity index (χ1v) is 7.32. The van der Waals surface area contributed by atoms with Gasteiger partial charge in [-0.3, -0.25) is 0 Å². The molecule has 1 unspecified atom stereocenters. The maximum Gasteiger partial charge on any atom is 0.169 e. The molecule has 0 saturated heterocycles. The summed E-state index contributed by atoms with van der Waals surface area (Å²) < 4.78 is 33.6. The van der Waals surface area contributed by atoms with Gasteiger partial charge < -0.3 is 9.73 Å². The summed E-state index contributed by atoms with van der Waals surface area (Å²) in [7, 11) is 0. The van der Waals surface area contributed by atoms with Gasteiger partial charge in [0.2, 0.25) is 0 Å². The Morgan fingerprint density at radius 2 is 1.90 bits per heavy atom. The van der Waals surface area contributed by atoms with E-state index in [-0.39, 0.29) is 18.0 Å². The third-order valence-electron chi connectivity index (χ3n) is 3.05. The molecule has 0 fully saturated rings. The summed E-state index contributed by atoms with van der Waals surface area (Å²) in [5, 5.41) is 3.25. The molecule has 2 nitrogen and oxygen atoms in total. The highest BCUT2D eigenvalue weighted by atomic mass is 79.9. The molecular formula is C15H16BrF2NO. The van der Waals surface area contributed by atoms with Crippen LogP contribution in [0, 0.1) is 11.6 Å². The van der Waals surface area contributed by atoms with Crippen LogP contribution in [0.2, 0.25) is 0 Å². The number of furan rings is 1. The Hall–Kier alpha value is -1.20. The molecule has 1 heterocycles. The zero-order valence-corrected chi connectivity index (χ0v) is 12.7. The summed E-state index contributed by atoms with van der Waals surface area (Å²) >= 11 is 3.24. The highest BCUT2D eigenvalue weighted by Crippen LogP contribution is 2.25. The molecule has 1 aromatic heterocycles. The van der Waals surface area contributed by atoms with Gasteiger partial charge in [-0.05, 0) is 53.2 Å². The molecule has 0 amide bonds. The Labute approximate surface area is 125 Å². The van der Waals surface area contributed by atoms with E-state index in [1.165, 1.54) is 18.2 Å². The SMILES string of the molecule is CCCNC(Cc1c(F)cccc1F)c1ccc(Br)o1. The van der Waals surface area contributed by atoms with E-state index in [1.54, 1.807) is 12.1 Å². The summed E-state index contributed by atoms with van der Waals surface area (Å²) in [6, 6.07) is 7.23. The van der Waals surface area contributed by atoms with Crippen molar-refractivity contribution in [1.82, 2.24) is 5.32 Å². The minimum absolute atomic E-state index is 0.0774. The van der Waals surface area contributed by atoms with Gasteiger partial charge in [-0.2, -0.15) is 0 Å². The maximum absolute atomic E-state index is 13.7. The molecule has 1 atom stereocenters. The molecule has 0 aliphatic carbocycles.